The Morgan fingerprint density at radius 2 is 1.84 bits per heavy atom. The molecule has 2 aromatic rings. The van der Waals surface area contributed by atoms with E-state index in [-0.39, 0.29) is 31.0 Å². The van der Waals surface area contributed by atoms with Crippen LogP contribution in [0, 0.1) is 0 Å². The first-order valence-electron chi connectivity index (χ1n) is 10.6. The Morgan fingerprint density at radius 3 is 2.52 bits per heavy atom. The summed E-state index contributed by atoms with van der Waals surface area (Å²) >= 11 is 6.12. The molecule has 0 heterocycles. The number of rotatable bonds is 9. The lowest BCUT2D eigenvalue weighted by atomic mass is 10.1. The van der Waals surface area contributed by atoms with Crippen molar-refractivity contribution in [2.24, 2.45) is 0 Å². The van der Waals surface area contributed by atoms with Gasteiger partial charge in [-0.1, -0.05) is 48.7 Å². The largest absolute Gasteiger partial charge is 0.493 e. The second kappa shape index (κ2) is 11.0. The molecule has 0 unspecified atom stereocenters. The molecule has 0 spiro atoms. The van der Waals surface area contributed by atoms with Crippen LogP contribution in [0.3, 0.4) is 0 Å². The van der Waals surface area contributed by atoms with Gasteiger partial charge in [-0.2, -0.15) is 0 Å². The van der Waals surface area contributed by atoms with Crippen molar-refractivity contribution >= 4 is 23.4 Å². The van der Waals surface area contributed by atoms with Crippen molar-refractivity contribution in [3.05, 3.63) is 59.1 Å². The van der Waals surface area contributed by atoms with Crippen LogP contribution in [0.5, 0.6) is 11.5 Å². The van der Waals surface area contributed by atoms with Crippen molar-refractivity contribution in [3.63, 3.8) is 0 Å². The van der Waals surface area contributed by atoms with Crippen LogP contribution in [0.1, 0.15) is 38.2 Å². The second-order valence-electron chi connectivity index (χ2n) is 7.76. The van der Waals surface area contributed by atoms with Crippen LogP contribution in [0.25, 0.3) is 0 Å². The Bertz CT molecular complexity index is 899. The zero-order chi connectivity index (χ0) is 22.2. The Labute approximate surface area is 188 Å². The van der Waals surface area contributed by atoms with Gasteiger partial charge in [0.25, 0.3) is 5.91 Å². The van der Waals surface area contributed by atoms with E-state index in [1.54, 1.807) is 38.3 Å². The number of benzene rings is 2. The minimum Gasteiger partial charge on any atom is -0.493 e. The molecule has 1 aliphatic carbocycles. The summed E-state index contributed by atoms with van der Waals surface area (Å²) in [6, 6.07) is 14.0. The molecule has 0 bridgehead atoms. The van der Waals surface area contributed by atoms with Gasteiger partial charge in [0, 0.05) is 17.6 Å². The van der Waals surface area contributed by atoms with E-state index in [9.17, 15) is 9.59 Å². The van der Waals surface area contributed by atoms with Crippen molar-refractivity contribution < 1.29 is 19.1 Å². The first-order valence-corrected chi connectivity index (χ1v) is 11.0. The molecule has 1 saturated carbocycles. The van der Waals surface area contributed by atoms with Gasteiger partial charge >= 0.3 is 0 Å². The number of methoxy groups -OCH3 is 1. The van der Waals surface area contributed by atoms with Crippen molar-refractivity contribution in [1.29, 1.82) is 0 Å². The number of hydrogen-bond acceptors (Lipinski definition) is 4. The topological polar surface area (TPSA) is 67.9 Å². The Kier molecular flexibility index (Phi) is 8.18. The monoisotopic (exact) mass is 444 g/mol. The molecule has 31 heavy (non-hydrogen) atoms. The van der Waals surface area contributed by atoms with Gasteiger partial charge in [-0.05, 0) is 49.6 Å². The smallest absolute Gasteiger partial charge is 0.261 e. The summed E-state index contributed by atoms with van der Waals surface area (Å²) in [5, 5.41) is 3.67. The fraction of sp³-hybridized carbons (Fsp3) is 0.417. The van der Waals surface area contributed by atoms with Crippen LogP contribution in [0.4, 0.5) is 0 Å². The van der Waals surface area contributed by atoms with E-state index in [4.69, 9.17) is 21.1 Å². The maximum Gasteiger partial charge on any atom is 0.261 e. The van der Waals surface area contributed by atoms with Crippen LogP contribution >= 0.6 is 11.6 Å². The summed E-state index contributed by atoms with van der Waals surface area (Å²) in [5.74, 6) is 0.576. The highest BCUT2D eigenvalue weighted by Crippen LogP contribution is 2.26. The highest BCUT2D eigenvalue weighted by atomic mass is 35.5. The van der Waals surface area contributed by atoms with E-state index in [1.165, 1.54) is 4.90 Å². The summed E-state index contributed by atoms with van der Waals surface area (Å²) in [4.78, 5) is 27.6. The molecule has 3 rings (SSSR count). The van der Waals surface area contributed by atoms with Gasteiger partial charge in [-0.25, -0.2) is 0 Å². The number of amides is 2. The minimum atomic E-state index is -0.645. The number of para-hydroxylation sites is 2. The maximum atomic E-state index is 13.1. The third kappa shape index (κ3) is 6.37. The van der Waals surface area contributed by atoms with Gasteiger partial charge in [0.05, 0.1) is 7.11 Å². The SMILES string of the molecule is COc1ccccc1OCC(=O)N(Cc1cccc(Cl)c1)[C@@H](C)C(=O)NC1CCCC1. The lowest BCUT2D eigenvalue weighted by molar-refractivity contribution is -0.142. The van der Waals surface area contributed by atoms with E-state index >= 15 is 0 Å². The van der Waals surface area contributed by atoms with E-state index in [2.05, 4.69) is 5.32 Å². The third-order valence-electron chi connectivity index (χ3n) is 5.53. The Hall–Kier alpha value is -2.73. The molecule has 0 saturated heterocycles. The Morgan fingerprint density at radius 1 is 1.13 bits per heavy atom. The van der Waals surface area contributed by atoms with Crippen molar-refractivity contribution in [3.8, 4) is 11.5 Å². The molecule has 7 heteroatoms. The first-order chi connectivity index (χ1) is 15.0. The number of hydrogen-bond donors (Lipinski definition) is 1. The van der Waals surface area contributed by atoms with Gasteiger partial charge in [0.15, 0.2) is 18.1 Å². The molecule has 0 aromatic heterocycles. The average molecular weight is 445 g/mol. The number of carbonyl (C=O) groups is 2. The van der Waals surface area contributed by atoms with Gasteiger partial charge in [0.2, 0.25) is 5.91 Å². The van der Waals surface area contributed by atoms with Crippen LogP contribution in [0.2, 0.25) is 5.02 Å². The number of halogens is 1. The highest BCUT2D eigenvalue weighted by molar-refractivity contribution is 6.30. The van der Waals surface area contributed by atoms with E-state index in [0.717, 1.165) is 31.2 Å². The van der Waals surface area contributed by atoms with Gasteiger partial charge in [-0.3, -0.25) is 9.59 Å². The standard InChI is InChI=1S/C24H29ClN2O4/c1-17(24(29)26-20-10-3-4-11-20)27(15-18-8-7-9-19(25)14-18)23(28)16-31-22-13-6-5-12-21(22)30-2/h5-9,12-14,17,20H,3-4,10-11,15-16H2,1-2H3,(H,26,29)/t17-/m0/s1. The second-order valence-corrected chi connectivity index (χ2v) is 8.19. The van der Waals surface area contributed by atoms with Gasteiger partial charge < -0.3 is 19.7 Å². The molecule has 0 radical (unpaired) electrons. The minimum absolute atomic E-state index is 0.153. The summed E-state index contributed by atoms with van der Waals surface area (Å²) in [7, 11) is 1.55. The summed E-state index contributed by atoms with van der Waals surface area (Å²) in [6.07, 6.45) is 4.21. The number of nitrogens with one attached hydrogen (secondary N) is 1. The Balaban J connectivity index is 1.73. The lowest BCUT2D eigenvalue weighted by Gasteiger charge is -2.29. The molecule has 2 aromatic carbocycles. The zero-order valence-corrected chi connectivity index (χ0v) is 18.7. The predicted molar refractivity (Wildman–Crippen MR) is 120 cm³/mol. The summed E-state index contributed by atoms with van der Waals surface area (Å²) in [5.41, 5.74) is 0.846. The van der Waals surface area contributed by atoms with Crippen LogP contribution in [-0.2, 0) is 16.1 Å². The van der Waals surface area contributed by atoms with E-state index < -0.39 is 6.04 Å². The molecule has 1 fully saturated rings. The van der Waals surface area contributed by atoms with Crippen molar-refractivity contribution in [2.45, 2.75) is 51.2 Å². The molecular formula is C24H29ClN2O4. The van der Waals surface area contributed by atoms with Gasteiger partial charge in [0.1, 0.15) is 6.04 Å². The summed E-state index contributed by atoms with van der Waals surface area (Å²) < 4.78 is 11.0. The normalized spacial score (nSPS) is 14.7. The third-order valence-corrected chi connectivity index (χ3v) is 5.77. The zero-order valence-electron chi connectivity index (χ0n) is 18.0. The average Bonchev–Trinajstić information content (AvgIpc) is 3.28. The molecule has 166 valence electrons. The molecule has 6 nitrogen and oxygen atoms in total. The summed E-state index contributed by atoms with van der Waals surface area (Å²) in [6.45, 7) is 1.80. The van der Waals surface area contributed by atoms with Crippen LogP contribution in [0.15, 0.2) is 48.5 Å². The molecule has 1 N–H and O–H groups in total. The van der Waals surface area contributed by atoms with Crippen LogP contribution < -0.4 is 14.8 Å². The number of carbonyl (C=O) groups excluding carboxylic acids is 2. The molecule has 0 aliphatic heterocycles. The van der Waals surface area contributed by atoms with Crippen molar-refractivity contribution in [1.82, 2.24) is 10.2 Å². The highest BCUT2D eigenvalue weighted by Gasteiger charge is 2.29. The molecule has 1 atom stereocenters. The predicted octanol–water partition coefficient (Wildman–Crippen LogP) is 4.20. The molecule has 1 aliphatic rings. The fourth-order valence-electron chi connectivity index (χ4n) is 3.77. The van der Waals surface area contributed by atoms with Gasteiger partial charge in [-0.15, -0.1) is 0 Å². The quantitative estimate of drug-likeness (QED) is 0.629. The van der Waals surface area contributed by atoms with E-state index in [1.807, 2.05) is 24.3 Å². The number of ether oxygens (including phenoxy) is 2. The first kappa shape index (κ1) is 22.9. The van der Waals surface area contributed by atoms with Crippen molar-refractivity contribution in [2.75, 3.05) is 13.7 Å². The fourth-order valence-corrected chi connectivity index (χ4v) is 3.98. The van der Waals surface area contributed by atoms with Crippen LogP contribution in [-0.4, -0.2) is 42.5 Å². The molecular weight excluding hydrogens is 416 g/mol. The van der Waals surface area contributed by atoms with E-state index in [0.29, 0.717) is 16.5 Å². The molecule has 2 amide bonds. The number of nitrogens with zero attached hydrogens (tertiary/aromatic N) is 1. The lowest BCUT2D eigenvalue weighted by Crippen LogP contribution is -2.50. The maximum absolute atomic E-state index is 13.1.